The molecule has 0 saturated heterocycles. The van der Waals surface area contributed by atoms with E-state index in [1.807, 2.05) is 26.0 Å². The minimum absolute atomic E-state index is 0. The predicted molar refractivity (Wildman–Crippen MR) is 82.3 cm³/mol. The van der Waals surface area contributed by atoms with E-state index in [0.29, 0.717) is 13.1 Å². The summed E-state index contributed by atoms with van der Waals surface area (Å²) in [7, 11) is 0. The van der Waals surface area contributed by atoms with E-state index in [9.17, 15) is 4.79 Å². The number of nitrogens with two attached hydrogens (primary N) is 1. The quantitative estimate of drug-likeness (QED) is 0.844. The molecule has 1 aromatic rings. The second kappa shape index (κ2) is 8.18. The Balaban J connectivity index is 0.00000324. The zero-order valence-electron chi connectivity index (χ0n) is 12.0. The van der Waals surface area contributed by atoms with Crippen LogP contribution in [0.4, 0.5) is 0 Å². The highest BCUT2D eigenvalue weighted by atomic mass is 35.5. The molecule has 0 bridgehead atoms. The normalized spacial score (nSPS) is 10.7. The van der Waals surface area contributed by atoms with Gasteiger partial charge in [0.15, 0.2) is 0 Å². The van der Waals surface area contributed by atoms with E-state index in [1.165, 1.54) is 5.56 Å². The van der Waals surface area contributed by atoms with Crippen LogP contribution in [0.3, 0.4) is 0 Å². The van der Waals surface area contributed by atoms with Crippen LogP contribution in [0.2, 0.25) is 0 Å². The lowest BCUT2D eigenvalue weighted by Crippen LogP contribution is -2.45. The second-order valence-electron chi connectivity index (χ2n) is 4.86. The Morgan fingerprint density at radius 1 is 1.21 bits per heavy atom. The van der Waals surface area contributed by atoms with Crippen LogP contribution < -0.4 is 11.1 Å². The number of aryl methyl sites for hydroxylation is 1. The number of benzene rings is 1. The number of halogens is 1. The first kappa shape index (κ1) is 17.9. The van der Waals surface area contributed by atoms with Gasteiger partial charge in [0, 0.05) is 13.1 Å². The van der Waals surface area contributed by atoms with E-state index in [0.717, 1.165) is 18.4 Å². The maximum absolute atomic E-state index is 12.2. The summed E-state index contributed by atoms with van der Waals surface area (Å²) in [6, 6.07) is 8.18. The van der Waals surface area contributed by atoms with Gasteiger partial charge < -0.3 is 11.1 Å². The zero-order valence-corrected chi connectivity index (χ0v) is 12.8. The van der Waals surface area contributed by atoms with Crippen molar-refractivity contribution in [3.63, 3.8) is 0 Å². The topological polar surface area (TPSA) is 55.1 Å². The molecule has 0 spiro atoms. The van der Waals surface area contributed by atoms with Crippen LogP contribution in [-0.2, 0) is 11.3 Å². The Labute approximate surface area is 122 Å². The van der Waals surface area contributed by atoms with Gasteiger partial charge in [0.05, 0.1) is 5.41 Å². The number of hydrogen-bond donors (Lipinski definition) is 2. The van der Waals surface area contributed by atoms with Crippen molar-refractivity contribution in [2.75, 3.05) is 6.54 Å². The predicted octanol–water partition coefficient (Wildman–Crippen LogP) is 2.80. The molecular formula is C15H25ClN2O. The summed E-state index contributed by atoms with van der Waals surface area (Å²) >= 11 is 0. The summed E-state index contributed by atoms with van der Waals surface area (Å²) < 4.78 is 0. The average molecular weight is 285 g/mol. The number of rotatable bonds is 6. The molecule has 19 heavy (non-hydrogen) atoms. The fourth-order valence-corrected chi connectivity index (χ4v) is 2.03. The van der Waals surface area contributed by atoms with E-state index < -0.39 is 5.41 Å². The van der Waals surface area contributed by atoms with Crippen molar-refractivity contribution in [1.29, 1.82) is 0 Å². The van der Waals surface area contributed by atoms with Crippen LogP contribution in [0.5, 0.6) is 0 Å². The molecule has 3 nitrogen and oxygen atoms in total. The van der Waals surface area contributed by atoms with Gasteiger partial charge in [-0.15, -0.1) is 12.4 Å². The highest BCUT2D eigenvalue weighted by Crippen LogP contribution is 2.25. The van der Waals surface area contributed by atoms with Gasteiger partial charge in [0.2, 0.25) is 5.91 Å². The summed E-state index contributed by atoms with van der Waals surface area (Å²) in [6.07, 6.45) is 1.56. The third-order valence-corrected chi connectivity index (χ3v) is 3.80. The molecule has 1 amide bonds. The van der Waals surface area contributed by atoms with E-state index in [2.05, 4.69) is 24.4 Å². The monoisotopic (exact) mass is 284 g/mol. The number of carbonyl (C=O) groups excluding carboxylic acids is 1. The first-order valence-corrected chi connectivity index (χ1v) is 6.62. The number of amides is 1. The van der Waals surface area contributed by atoms with Gasteiger partial charge in [0.25, 0.3) is 0 Å². The Morgan fingerprint density at radius 3 is 2.16 bits per heavy atom. The van der Waals surface area contributed by atoms with Crippen molar-refractivity contribution >= 4 is 18.3 Å². The van der Waals surface area contributed by atoms with Gasteiger partial charge in [-0.25, -0.2) is 0 Å². The van der Waals surface area contributed by atoms with Gasteiger partial charge in [-0.2, -0.15) is 0 Å². The van der Waals surface area contributed by atoms with Crippen LogP contribution in [0.1, 0.15) is 37.8 Å². The van der Waals surface area contributed by atoms with Gasteiger partial charge in [-0.05, 0) is 25.3 Å². The first-order valence-electron chi connectivity index (χ1n) is 6.62. The molecule has 0 atom stereocenters. The Kier molecular flexibility index (Phi) is 7.72. The molecule has 4 heteroatoms. The molecule has 0 aliphatic carbocycles. The smallest absolute Gasteiger partial charge is 0.227 e. The van der Waals surface area contributed by atoms with Crippen molar-refractivity contribution in [2.45, 2.75) is 40.2 Å². The molecule has 0 saturated carbocycles. The minimum Gasteiger partial charge on any atom is -0.352 e. The van der Waals surface area contributed by atoms with Gasteiger partial charge in [-0.3, -0.25) is 4.79 Å². The number of carbonyl (C=O) groups is 1. The highest BCUT2D eigenvalue weighted by molar-refractivity contribution is 5.85. The van der Waals surface area contributed by atoms with Crippen LogP contribution >= 0.6 is 12.4 Å². The summed E-state index contributed by atoms with van der Waals surface area (Å²) in [5.41, 5.74) is 7.69. The zero-order chi connectivity index (χ0) is 13.6. The summed E-state index contributed by atoms with van der Waals surface area (Å²) in [5.74, 6) is 0.0653. The Morgan fingerprint density at radius 2 is 1.74 bits per heavy atom. The molecule has 1 rings (SSSR count). The molecule has 0 aliphatic rings. The lowest BCUT2D eigenvalue weighted by molar-refractivity contribution is -0.131. The molecule has 0 fully saturated rings. The largest absolute Gasteiger partial charge is 0.352 e. The SMILES string of the molecule is CCC(CC)(CN)C(=O)NCc1ccc(C)cc1.Cl. The molecule has 3 N–H and O–H groups in total. The van der Waals surface area contributed by atoms with Gasteiger partial charge >= 0.3 is 0 Å². The van der Waals surface area contributed by atoms with Crippen molar-refractivity contribution in [3.8, 4) is 0 Å². The fraction of sp³-hybridized carbons (Fsp3) is 0.533. The molecule has 0 aromatic heterocycles. The van der Waals surface area contributed by atoms with Gasteiger partial charge in [0.1, 0.15) is 0 Å². The van der Waals surface area contributed by atoms with Crippen molar-refractivity contribution in [2.24, 2.45) is 11.1 Å². The van der Waals surface area contributed by atoms with Crippen molar-refractivity contribution < 1.29 is 4.79 Å². The molecular weight excluding hydrogens is 260 g/mol. The highest BCUT2D eigenvalue weighted by Gasteiger charge is 2.32. The van der Waals surface area contributed by atoms with E-state index in [4.69, 9.17) is 5.73 Å². The lowest BCUT2D eigenvalue weighted by atomic mass is 9.81. The summed E-state index contributed by atoms with van der Waals surface area (Å²) in [4.78, 5) is 12.2. The molecule has 0 aliphatic heterocycles. The maximum Gasteiger partial charge on any atom is 0.227 e. The molecule has 108 valence electrons. The van der Waals surface area contributed by atoms with Crippen LogP contribution in [0.15, 0.2) is 24.3 Å². The number of nitrogens with one attached hydrogen (secondary N) is 1. The molecule has 1 aromatic carbocycles. The molecule has 0 radical (unpaired) electrons. The van der Waals surface area contributed by atoms with Crippen LogP contribution in [0, 0.1) is 12.3 Å². The lowest BCUT2D eigenvalue weighted by Gasteiger charge is -2.28. The third-order valence-electron chi connectivity index (χ3n) is 3.80. The average Bonchev–Trinajstić information content (AvgIpc) is 2.41. The summed E-state index contributed by atoms with van der Waals surface area (Å²) in [5, 5.41) is 2.99. The first-order chi connectivity index (χ1) is 8.57. The molecule has 0 unspecified atom stereocenters. The van der Waals surface area contributed by atoms with Crippen molar-refractivity contribution in [3.05, 3.63) is 35.4 Å². The summed E-state index contributed by atoms with van der Waals surface area (Å²) in [6.45, 7) is 7.06. The van der Waals surface area contributed by atoms with Crippen molar-refractivity contribution in [1.82, 2.24) is 5.32 Å². The second-order valence-corrected chi connectivity index (χ2v) is 4.86. The fourth-order valence-electron chi connectivity index (χ4n) is 2.03. The van der Waals surface area contributed by atoms with E-state index in [1.54, 1.807) is 0 Å². The van der Waals surface area contributed by atoms with Crippen LogP contribution in [0.25, 0.3) is 0 Å². The van der Waals surface area contributed by atoms with Gasteiger partial charge in [-0.1, -0.05) is 43.7 Å². The Hall–Kier alpha value is -1.06. The van der Waals surface area contributed by atoms with E-state index in [-0.39, 0.29) is 18.3 Å². The third kappa shape index (κ3) is 4.51. The number of hydrogen-bond acceptors (Lipinski definition) is 2. The minimum atomic E-state index is -0.412. The standard InChI is InChI=1S/C15H24N2O.ClH/c1-4-15(5-2,11-16)14(18)17-10-13-8-6-12(3)7-9-13;/h6-9H,4-5,10-11,16H2,1-3H3,(H,17,18);1H. The van der Waals surface area contributed by atoms with Crippen LogP contribution in [-0.4, -0.2) is 12.5 Å². The van der Waals surface area contributed by atoms with E-state index >= 15 is 0 Å². The Bertz CT molecular complexity index is 377. The maximum atomic E-state index is 12.2. The molecule has 0 heterocycles.